The third kappa shape index (κ3) is 8.48. The van der Waals surface area contributed by atoms with Gasteiger partial charge in [0, 0.05) is 57.4 Å². The molecule has 5 aliphatic rings. The van der Waals surface area contributed by atoms with Gasteiger partial charge in [-0.05, 0) is 80.1 Å². The highest BCUT2D eigenvalue weighted by Crippen LogP contribution is 2.52. The smallest absolute Gasteiger partial charge is 0.367 e. The lowest BCUT2D eigenvalue weighted by molar-refractivity contribution is -0.182. The molecule has 3 atom stereocenters. The number of H-pyrrole nitrogens is 1. The number of halogens is 6. The van der Waals surface area contributed by atoms with Crippen LogP contribution in [0.25, 0.3) is 16.8 Å². The first-order valence-electron chi connectivity index (χ1n) is 23.0. The summed E-state index contributed by atoms with van der Waals surface area (Å²) in [6.45, 7) is 5.35. The van der Waals surface area contributed by atoms with Crippen molar-refractivity contribution in [2.24, 2.45) is 0 Å². The molecule has 1 spiro atoms. The number of aryl methyl sites for hydroxylation is 1. The summed E-state index contributed by atoms with van der Waals surface area (Å²) in [6, 6.07) is 14.3. The van der Waals surface area contributed by atoms with Crippen molar-refractivity contribution in [1.29, 1.82) is 0 Å². The minimum Gasteiger partial charge on any atom is -0.367 e. The second kappa shape index (κ2) is 17.3. The third-order valence-corrected chi connectivity index (χ3v) is 14.2. The summed E-state index contributed by atoms with van der Waals surface area (Å²) in [5, 5.41) is 15.4. The number of hydrogen-bond acceptors (Lipinski definition) is 11. The van der Waals surface area contributed by atoms with E-state index < -0.39 is 77.1 Å². The number of rotatable bonds is 11. The van der Waals surface area contributed by atoms with Crippen molar-refractivity contribution in [2.75, 3.05) is 50.8 Å². The molecule has 70 heavy (non-hydrogen) atoms. The predicted molar refractivity (Wildman–Crippen MR) is 239 cm³/mol. The Morgan fingerprint density at radius 2 is 1.67 bits per heavy atom. The van der Waals surface area contributed by atoms with Crippen molar-refractivity contribution < 1.29 is 50.3 Å². The second-order valence-electron chi connectivity index (χ2n) is 19.1. The Labute approximate surface area is 397 Å². The maximum absolute atomic E-state index is 16.0. The molecular formula is C48H49F6N11O5. The van der Waals surface area contributed by atoms with E-state index in [0.29, 0.717) is 18.7 Å². The van der Waals surface area contributed by atoms with Gasteiger partial charge < -0.3 is 15.0 Å². The summed E-state index contributed by atoms with van der Waals surface area (Å²) in [7, 11) is 0. The fraction of sp³-hybridized carbons (Fsp3) is 0.438. The molecule has 4 amide bonds. The zero-order valence-corrected chi connectivity index (χ0v) is 38.4. The van der Waals surface area contributed by atoms with Gasteiger partial charge in [-0.2, -0.15) is 23.4 Å². The highest BCUT2D eigenvalue weighted by Gasteiger charge is 2.64. The Kier molecular flexibility index (Phi) is 11.7. The number of carbonyl (C=O) groups is 4. The fourth-order valence-corrected chi connectivity index (χ4v) is 10.0. The SMILES string of the molecule is Cc1cc(-c2ccc(CN3CCC(N4CCN(c5cc6c(cc5F)C(=O)N(C5CCC(=O)NC5=O)C65CO5)CC4)C(F)(F)C3)cc2)ccc1-n1cc(C(=O)NCc2nc(C(C)(C)C(F)(F)F)n[nH]2)cn1. The van der Waals surface area contributed by atoms with Crippen LogP contribution in [0, 0.1) is 12.7 Å². The number of piperazine rings is 1. The fourth-order valence-electron chi connectivity index (χ4n) is 10.0. The van der Waals surface area contributed by atoms with E-state index in [1.807, 2.05) is 49.4 Å². The van der Waals surface area contributed by atoms with E-state index in [-0.39, 0.29) is 81.2 Å². The molecule has 0 saturated carbocycles. The van der Waals surface area contributed by atoms with E-state index in [9.17, 15) is 32.3 Å². The molecule has 0 radical (unpaired) electrons. The number of epoxide rings is 1. The first kappa shape index (κ1) is 47.0. The normalized spacial score (nSPS) is 23.0. The Morgan fingerprint density at radius 1 is 0.943 bits per heavy atom. The number of nitrogens with zero attached hydrogens (tertiary/aromatic N) is 8. The van der Waals surface area contributed by atoms with Crippen molar-refractivity contribution in [3.05, 3.63) is 112 Å². The summed E-state index contributed by atoms with van der Waals surface area (Å²) in [4.78, 5) is 61.5. The molecule has 5 aromatic rings. The monoisotopic (exact) mass is 973 g/mol. The zero-order chi connectivity index (χ0) is 49.5. The Hall–Kier alpha value is -6.65. The van der Waals surface area contributed by atoms with E-state index in [1.165, 1.54) is 11.1 Å². The highest BCUT2D eigenvalue weighted by molar-refractivity contribution is 6.06. The lowest BCUT2D eigenvalue weighted by Crippen LogP contribution is -2.61. The van der Waals surface area contributed by atoms with Crippen molar-refractivity contribution >= 4 is 29.3 Å². The average molecular weight is 974 g/mol. The molecular weight excluding hydrogens is 925 g/mol. The first-order chi connectivity index (χ1) is 33.2. The van der Waals surface area contributed by atoms with Gasteiger partial charge in [-0.25, -0.2) is 22.8 Å². The van der Waals surface area contributed by atoms with E-state index in [0.717, 1.165) is 47.9 Å². The predicted octanol–water partition coefficient (Wildman–Crippen LogP) is 5.35. The standard InChI is InChI=1S/C48H49F6N11O5/c1-27-18-30(8-9-35(27)64-24-31(21-56-64)41(67)55-22-39-57-44(60-59-39)45(2,3)48(52,53)54)29-6-4-28(5-7-29)23-61-13-12-38(46(50,51)25-61)63-16-14-62(15-17-63)37-20-33-32(19-34(37)49)43(69)65(47(33)26-70-47)36-10-11-40(66)58-42(36)68/h4-9,18-21,24,36,38H,10-17,22-23,25-26H2,1-3H3,(H,55,67)(H,57,59,60)(H,58,66,68). The summed E-state index contributed by atoms with van der Waals surface area (Å²) in [6.07, 6.45) is -1.18. The van der Waals surface area contributed by atoms with E-state index in [1.54, 1.807) is 31.6 Å². The topological polar surface area (TPSA) is 177 Å². The van der Waals surface area contributed by atoms with Crippen LogP contribution in [0.1, 0.15) is 82.2 Å². The molecule has 7 heterocycles. The first-order valence-corrected chi connectivity index (χ1v) is 23.0. The Bertz CT molecular complexity index is 2890. The van der Waals surface area contributed by atoms with Gasteiger partial charge in [-0.15, -0.1) is 0 Å². The maximum Gasteiger partial charge on any atom is 0.401 e. The van der Waals surface area contributed by atoms with Gasteiger partial charge in [0.2, 0.25) is 11.8 Å². The number of benzene rings is 3. The highest BCUT2D eigenvalue weighted by atomic mass is 19.4. The largest absolute Gasteiger partial charge is 0.401 e. The summed E-state index contributed by atoms with van der Waals surface area (Å²) in [5.41, 5.74) is 1.83. The molecule has 2 aromatic heterocycles. The molecule has 3 N–H and O–H groups in total. The van der Waals surface area contributed by atoms with E-state index in [4.69, 9.17) is 4.74 Å². The number of anilines is 1. The number of imide groups is 1. The number of fused-ring (bicyclic) bond motifs is 2. The van der Waals surface area contributed by atoms with Crippen LogP contribution in [0.5, 0.6) is 0 Å². The lowest BCUT2D eigenvalue weighted by atomic mass is 9.92. The number of aromatic nitrogens is 5. The molecule has 22 heteroatoms. The van der Waals surface area contributed by atoms with E-state index >= 15 is 13.2 Å². The molecule has 0 bridgehead atoms. The van der Waals surface area contributed by atoms with Crippen LogP contribution in [0.15, 0.2) is 67.0 Å². The second-order valence-corrected chi connectivity index (χ2v) is 19.1. The number of carbonyl (C=O) groups excluding carboxylic acids is 4. The number of amides is 4. The van der Waals surface area contributed by atoms with Gasteiger partial charge in [0.1, 0.15) is 29.7 Å². The van der Waals surface area contributed by atoms with Crippen LogP contribution in [0.4, 0.5) is 32.0 Å². The van der Waals surface area contributed by atoms with Gasteiger partial charge in [0.25, 0.3) is 17.7 Å². The molecule has 10 rings (SSSR count). The number of piperidine rings is 2. The molecule has 3 aromatic carbocycles. The van der Waals surface area contributed by atoms with Crippen molar-refractivity contribution in [2.45, 2.75) is 88.4 Å². The molecule has 368 valence electrons. The molecule has 4 saturated heterocycles. The Balaban J connectivity index is 0.714. The minimum absolute atomic E-state index is 0.0648. The zero-order valence-electron chi connectivity index (χ0n) is 38.4. The number of likely N-dealkylation sites (tertiary alicyclic amines) is 1. The van der Waals surface area contributed by atoms with Crippen molar-refractivity contribution in [1.82, 2.24) is 50.3 Å². The van der Waals surface area contributed by atoms with Gasteiger partial charge >= 0.3 is 6.18 Å². The molecule has 3 unspecified atom stereocenters. The molecule has 16 nitrogen and oxygen atoms in total. The quantitative estimate of drug-likeness (QED) is 0.0884. The lowest BCUT2D eigenvalue weighted by Gasteiger charge is -2.46. The molecule has 5 aliphatic heterocycles. The van der Waals surface area contributed by atoms with Gasteiger partial charge in [-0.1, -0.05) is 30.3 Å². The third-order valence-electron chi connectivity index (χ3n) is 14.2. The van der Waals surface area contributed by atoms with Gasteiger partial charge in [0.15, 0.2) is 11.5 Å². The van der Waals surface area contributed by atoms with Crippen LogP contribution < -0.4 is 15.5 Å². The minimum atomic E-state index is -4.56. The van der Waals surface area contributed by atoms with E-state index in [2.05, 4.69) is 30.9 Å². The molecule has 0 aliphatic carbocycles. The van der Waals surface area contributed by atoms with Gasteiger partial charge in [-0.3, -0.25) is 44.3 Å². The van der Waals surface area contributed by atoms with Crippen LogP contribution in [-0.2, 0) is 38.6 Å². The van der Waals surface area contributed by atoms with Crippen LogP contribution in [0.2, 0.25) is 0 Å². The molecule has 4 fully saturated rings. The number of nitrogens with one attached hydrogen (secondary N) is 3. The number of alkyl halides is 5. The van der Waals surface area contributed by atoms with Crippen LogP contribution in [-0.4, -0.2) is 133 Å². The summed E-state index contributed by atoms with van der Waals surface area (Å²) in [5.74, 6) is -6.06. The average Bonchev–Trinajstić information content (AvgIpc) is 3.60. The van der Waals surface area contributed by atoms with Gasteiger partial charge in [0.05, 0.1) is 47.8 Å². The maximum atomic E-state index is 16.0. The van der Waals surface area contributed by atoms with Crippen LogP contribution in [0.3, 0.4) is 0 Å². The van der Waals surface area contributed by atoms with Crippen LogP contribution >= 0.6 is 0 Å². The Morgan fingerprint density at radius 3 is 2.34 bits per heavy atom. The summed E-state index contributed by atoms with van der Waals surface area (Å²) < 4.78 is 95.2. The number of hydrogen-bond donors (Lipinski definition) is 3. The van der Waals surface area contributed by atoms with Crippen molar-refractivity contribution in [3.8, 4) is 16.8 Å². The number of ether oxygens (including phenoxy) is 1. The number of aromatic amines is 1. The van der Waals surface area contributed by atoms with Crippen molar-refractivity contribution in [3.63, 3.8) is 0 Å². The summed E-state index contributed by atoms with van der Waals surface area (Å²) >= 11 is 0.